The lowest BCUT2D eigenvalue weighted by atomic mass is 10.3. The highest BCUT2D eigenvalue weighted by Crippen LogP contribution is 2.10. The Labute approximate surface area is 65.4 Å². The maximum Gasteiger partial charge on any atom is 0.142 e. The van der Waals surface area contributed by atoms with Gasteiger partial charge in [0.1, 0.15) is 5.75 Å². The van der Waals surface area contributed by atoms with Crippen molar-refractivity contribution in [2.45, 2.75) is 0 Å². The Kier molecular flexibility index (Phi) is 2.60. The summed E-state index contributed by atoms with van der Waals surface area (Å²) in [5, 5.41) is 9.16. The fraction of sp³-hybridized carbons (Fsp3) is 0.125. The Morgan fingerprint density at radius 3 is 3.18 bits per heavy atom. The number of rotatable bonds is 2. The van der Waals surface area contributed by atoms with Gasteiger partial charge in [0.05, 0.1) is 6.20 Å². The first-order valence-corrected chi connectivity index (χ1v) is 3.26. The lowest BCUT2D eigenvalue weighted by molar-refractivity contribution is 0.472. The minimum atomic E-state index is 0.143. The standard InChI is InChI=1S/C8H9N2O/c1-2-9-5-7-3-4-10-6-8(7)11/h3-6,11H,1-2H2. The number of nitrogens with zero attached hydrogens (tertiary/aromatic N) is 2. The van der Waals surface area contributed by atoms with Crippen LogP contribution >= 0.6 is 0 Å². The van der Waals surface area contributed by atoms with Crippen molar-refractivity contribution in [3.63, 3.8) is 0 Å². The van der Waals surface area contributed by atoms with Gasteiger partial charge in [-0.05, 0) is 13.0 Å². The van der Waals surface area contributed by atoms with Gasteiger partial charge in [-0.1, -0.05) is 0 Å². The molecule has 1 heterocycles. The van der Waals surface area contributed by atoms with Crippen LogP contribution in [0.1, 0.15) is 5.56 Å². The summed E-state index contributed by atoms with van der Waals surface area (Å²) in [6.45, 7) is 4.01. The van der Waals surface area contributed by atoms with E-state index in [1.165, 1.54) is 6.20 Å². The fourth-order valence-corrected chi connectivity index (χ4v) is 0.669. The van der Waals surface area contributed by atoms with Crippen molar-refractivity contribution in [3.8, 4) is 5.75 Å². The van der Waals surface area contributed by atoms with Crippen LogP contribution in [-0.2, 0) is 0 Å². The van der Waals surface area contributed by atoms with Crippen molar-refractivity contribution in [3.05, 3.63) is 30.9 Å². The van der Waals surface area contributed by atoms with Crippen LogP contribution in [0.5, 0.6) is 5.75 Å². The smallest absolute Gasteiger partial charge is 0.142 e. The van der Waals surface area contributed by atoms with E-state index in [1.54, 1.807) is 18.5 Å². The molecule has 11 heavy (non-hydrogen) atoms. The predicted molar refractivity (Wildman–Crippen MR) is 43.7 cm³/mol. The molecule has 1 aromatic heterocycles. The highest BCUT2D eigenvalue weighted by molar-refractivity contribution is 5.82. The Bertz CT molecular complexity index is 258. The summed E-state index contributed by atoms with van der Waals surface area (Å²) in [4.78, 5) is 7.60. The number of pyridine rings is 1. The van der Waals surface area contributed by atoms with Crippen LogP contribution in [0.4, 0.5) is 0 Å². The third-order valence-electron chi connectivity index (χ3n) is 1.19. The maximum absolute atomic E-state index is 9.16. The van der Waals surface area contributed by atoms with Gasteiger partial charge in [-0.2, -0.15) is 0 Å². The summed E-state index contributed by atoms with van der Waals surface area (Å²) < 4.78 is 0. The molecule has 0 bridgehead atoms. The summed E-state index contributed by atoms with van der Waals surface area (Å²) in [5.74, 6) is 0.143. The van der Waals surface area contributed by atoms with Gasteiger partial charge in [-0.3, -0.25) is 9.98 Å². The van der Waals surface area contributed by atoms with Crippen LogP contribution < -0.4 is 0 Å². The van der Waals surface area contributed by atoms with Crippen LogP contribution in [0.15, 0.2) is 23.5 Å². The Morgan fingerprint density at radius 2 is 2.55 bits per heavy atom. The number of hydrogen-bond acceptors (Lipinski definition) is 3. The molecular weight excluding hydrogens is 140 g/mol. The molecule has 1 N–H and O–H groups in total. The van der Waals surface area contributed by atoms with E-state index in [1.807, 2.05) is 0 Å². The zero-order valence-electron chi connectivity index (χ0n) is 6.07. The van der Waals surface area contributed by atoms with Crippen molar-refractivity contribution in [1.29, 1.82) is 0 Å². The quantitative estimate of drug-likeness (QED) is 0.638. The van der Waals surface area contributed by atoms with Crippen LogP contribution in [0.25, 0.3) is 0 Å². The minimum absolute atomic E-state index is 0.143. The van der Waals surface area contributed by atoms with E-state index in [2.05, 4.69) is 16.9 Å². The molecule has 0 aromatic carbocycles. The van der Waals surface area contributed by atoms with Gasteiger partial charge in [0, 0.05) is 24.5 Å². The number of aromatic hydroxyl groups is 1. The first-order valence-electron chi connectivity index (χ1n) is 3.26. The van der Waals surface area contributed by atoms with E-state index in [4.69, 9.17) is 5.11 Å². The van der Waals surface area contributed by atoms with Gasteiger partial charge >= 0.3 is 0 Å². The zero-order chi connectivity index (χ0) is 8.10. The molecule has 0 fully saturated rings. The molecule has 3 heteroatoms. The Hall–Kier alpha value is -1.38. The van der Waals surface area contributed by atoms with Gasteiger partial charge in [-0.25, -0.2) is 0 Å². The van der Waals surface area contributed by atoms with Gasteiger partial charge in [0.2, 0.25) is 0 Å². The third kappa shape index (κ3) is 2.04. The molecule has 0 unspecified atom stereocenters. The molecule has 0 spiro atoms. The monoisotopic (exact) mass is 149 g/mol. The normalized spacial score (nSPS) is 10.6. The average molecular weight is 149 g/mol. The molecule has 1 aromatic rings. The molecule has 57 valence electrons. The van der Waals surface area contributed by atoms with Gasteiger partial charge < -0.3 is 5.11 Å². The molecule has 0 aliphatic heterocycles. The van der Waals surface area contributed by atoms with E-state index in [0.717, 1.165) is 0 Å². The Balaban J connectivity index is 2.86. The lowest BCUT2D eigenvalue weighted by Crippen LogP contribution is -1.83. The van der Waals surface area contributed by atoms with Crippen LogP contribution in [0, 0.1) is 6.92 Å². The molecule has 0 amide bonds. The average Bonchev–Trinajstić information content (AvgIpc) is 2.03. The van der Waals surface area contributed by atoms with Crippen LogP contribution in [-0.4, -0.2) is 22.8 Å². The minimum Gasteiger partial charge on any atom is -0.506 e. The van der Waals surface area contributed by atoms with E-state index in [9.17, 15) is 0 Å². The zero-order valence-corrected chi connectivity index (χ0v) is 6.07. The van der Waals surface area contributed by atoms with Crippen molar-refractivity contribution >= 4 is 6.21 Å². The topological polar surface area (TPSA) is 45.5 Å². The summed E-state index contributed by atoms with van der Waals surface area (Å²) in [6, 6.07) is 1.69. The molecule has 0 saturated heterocycles. The number of aliphatic imine (C=N–C) groups is 1. The first-order chi connectivity index (χ1) is 5.34. The molecule has 0 atom stereocenters. The number of hydrogen-bond donors (Lipinski definition) is 1. The molecule has 0 aliphatic carbocycles. The second-order valence-corrected chi connectivity index (χ2v) is 1.97. The Morgan fingerprint density at radius 1 is 1.73 bits per heavy atom. The third-order valence-corrected chi connectivity index (χ3v) is 1.19. The molecule has 1 rings (SSSR count). The maximum atomic E-state index is 9.16. The predicted octanol–water partition coefficient (Wildman–Crippen LogP) is 1.04. The van der Waals surface area contributed by atoms with Crippen LogP contribution in [0.2, 0.25) is 0 Å². The van der Waals surface area contributed by atoms with Crippen molar-refractivity contribution < 1.29 is 5.11 Å². The SMILES string of the molecule is [CH2]CN=Cc1ccncc1O. The van der Waals surface area contributed by atoms with Gasteiger partial charge in [0.25, 0.3) is 0 Å². The van der Waals surface area contributed by atoms with Crippen molar-refractivity contribution in [2.24, 2.45) is 4.99 Å². The van der Waals surface area contributed by atoms with Crippen LogP contribution in [0.3, 0.4) is 0 Å². The fourth-order valence-electron chi connectivity index (χ4n) is 0.669. The second-order valence-electron chi connectivity index (χ2n) is 1.97. The molecule has 1 radical (unpaired) electrons. The highest BCUT2D eigenvalue weighted by Gasteiger charge is 1.93. The highest BCUT2D eigenvalue weighted by atomic mass is 16.3. The van der Waals surface area contributed by atoms with Crippen molar-refractivity contribution in [1.82, 2.24) is 4.98 Å². The largest absolute Gasteiger partial charge is 0.506 e. The second kappa shape index (κ2) is 3.71. The van der Waals surface area contributed by atoms with Gasteiger partial charge in [0.15, 0.2) is 0 Å². The molecule has 0 aliphatic rings. The molecule has 3 nitrogen and oxygen atoms in total. The summed E-state index contributed by atoms with van der Waals surface area (Å²) >= 11 is 0. The molecule has 0 saturated carbocycles. The summed E-state index contributed by atoms with van der Waals surface area (Å²) in [6.07, 6.45) is 4.55. The van der Waals surface area contributed by atoms with Gasteiger partial charge in [-0.15, -0.1) is 0 Å². The van der Waals surface area contributed by atoms with E-state index in [-0.39, 0.29) is 5.75 Å². The lowest BCUT2D eigenvalue weighted by Gasteiger charge is -1.94. The number of aromatic nitrogens is 1. The summed E-state index contributed by atoms with van der Waals surface area (Å²) in [5.41, 5.74) is 0.670. The molecular formula is C8H9N2O. The van der Waals surface area contributed by atoms with E-state index < -0.39 is 0 Å². The van der Waals surface area contributed by atoms with Crippen molar-refractivity contribution in [2.75, 3.05) is 6.54 Å². The first kappa shape index (κ1) is 7.72. The van der Waals surface area contributed by atoms with E-state index >= 15 is 0 Å². The summed E-state index contributed by atoms with van der Waals surface area (Å²) in [7, 11) is 0. The van der Waals surface area contributed by atoms with E-state index in [0.29, 0.717) is 12.1 Å².